The third-order valence-corrected chi connectivity index (χ3v) is 7.47. The SMILES string of the molecule is CCO[C@@]12CCC(=O)[C@]3(C)Oc4c(O)ccc5c4[C@@]31CCN(C)[C@@H]2C5. The first-order chi connectivity index (χ1) is 11.9. The second-order valence-corrected chi connectivity index (χ2v) is 8.18. The molecule has 1 N–H and O–H groups in total. The largest absolute Gasteiger partial charge is 0.504 e. The number of benzene rings is 1. The molecule has 1 aromatic rings. The van der Waals surface area contributed by atoms with Crippen molar-refractivity contribution in [3.05, 3.63) is 23.3 Å². The molecule has 0 unspecified atom stereocenters. The summed E-state index contributed by atoms with van der Waals surface area (Å²) in [6, 6.07) is 3.94. The first-order valence-electron chi connectivity index (χ1n) is 9.33. The second kappa shape index (κ2) is 4.57. The zero-order chi connectivity index (χ0) is 17.6. The van der Waals surface area contributed by atoms with Crippen LogP contribution in [0.1, 0.15) is 44.2 Å². The van der Waals surface area contributed by atoms with Gasteiger partial charge in [-0.3, -0.25) is 4.79 Å². The maximum Gasteiger partial charge on any atom is 0.177 e. The fraction of sp³-hybridized carbons (Fsp3) is 0.650. The van der Waals surface area contributed by atoms with E-state index >= 15 is 0 Å². The first kappa shape index (κ1) is 15.6. The van der Waals surface area contributed by atoms with Gasteiger partial charge in [-0.05, 0) is 58.3 Å². The van der Waals surface area contributed by atoms with E-state index in [0.717, 1.165) is 31.4 Å². The van der Waals surface area contributed by atoms with Crippen molar-refractivity contribution in [2.75, 3.05) is 20.2 Å². The van der Waals surface area contributed by atoms with Gasteiger partial charge in [0.05, 0.1) is 11.0 Å². The molecule has 4 atom stereocenters. The van der Waals surface area contributed by atoms with Gasteiger partial charge in [-0.1, -0.05) is 6.07 Å². The monoisotopic (exact) mass is 343 g/mol. The highest BCUT2D eigenvalue weighted by molar-refractivity contribution is 5.94. The Kier molecular flexibility index (Phi) is 2.86. The molecule has 1 saturated carbocycles. The lowest BCUT2D eigenvalue weighted by atomic mass is 9.45. The Labute approximate surface area is 147 Å². The Hall–Kier alpha value is -1.59. The molecule has 134 valence electrons. The van der Waals surface area contributed by atoms with E-state index in [0.29, 0.717) is 18.8 Å². The van der Waals surface area contributed by atoms with E-state index in [9.17, 15) is 9.90 Å². The van der Waals surface area contributed by atoms with Gasteiger partial charge in [0.1, 0.15) is 0 Å². The van der Waals surface area contributed by atoms with Crippen molar-refractivity contribution in [3.63, 3.8) is 0 Å². The molecule has 1 spiro atoms. The molecular weight excluding hydrogens is 318 g/mol. The van der Waals surface area contributed by atoms with E-state index in [1.807, 2.05) is 19.9 Å². The fourth-order valence-corrected chi connectivity index (χ4v) is 6.51. The Morgan fingerprint density at radius 2 is 2.20 bits per heavy atom. The topological polar surface area (TPSA) is 59.0 Å². The van der Waals surface area contributed by atoms with Crippen LogP contribution in [-0.4, -0.2) is 53.2 Å². The van der Waals surface area contributed by atoms with Gasteiger partial charge in [-0.25, -0.2) is 0 Å². The number of carbonyl (C=O) groups excluding carboxylic acids is 1. The number of carbonyl (C=O) groups is 1. The van der Waals surface area contributed by atoms with Crippen LogP contribution in [0.2, 0.25) is 0 Å². The Morgan fingerprint density at radius 3 is 2.96 bits per heavy atom. The van der Waals surface area contributed by atoms with E-state index in [4.69, 9.17) is 9.47 Å². The number of hydrogen-bond acceptors (Lipinski definition) is 5. The van der Waals surface area contributed by atoms with Crippen molar-refractivity contribution in [3.8, 4) is 11.5 Å². The van der Waals surface area contributed by atoms with Crippen LogP contribution in [-0.2, 0) is 21.4 Å². The van der Waals surface area contributed by atoms with Crippen LogP contribution in [0.15, 0.2) is 12.1 Å². The summed E-state index contributed by atoms with van der Waals surface area (Å²) in [7, 11) is 2.16. The average Bonchev–Trinajstić information content (AvgIpc) is 2.87. The fourth-order valence-electron chi connectivity index (χ4n) is 6.51. The number of Topliss-reactive ketones (excluding diaryl/α,β-unsaturated/α-hetero) is 1. The number of likely N-dealkylation sites (N-methyl/N-ethyl adjacent to an activating group) is 1. The standard InChI is InChI=1S/C20H25NO4/c1-4-24-20-8-7-15(23)18(2)19(20)9-10-21(3)14(20)11-12-5-6-13(22)17(25-18)16(12)19/h5-6,14,22H,4,7-11H2,1-3H3/t14-,18+,19+,20-/m1/s1. The molecular formula is C20H25NO4. The molecule has 1 saturated heterocycles. The summed E-state index contributed by atoms with van der Waals surface area (Å²) in [6.45, 7) is 5.48. The molecule has 1 aromatic carbocycles. The zero-order valence-corrected chi connectivity index (χ0v) is 15.1. The van der Waals surface area contributed by atoms with Crippen molar-refractivity contribution in [1.82, 2.24) is 4.90 Å². The van der Waals surface area contributed by atoms with Crippen LogP contribution in [0.5, 0.6) is 11.5 Å². The zero-order valence-electron chi connectivity index (χ0n) is 15.1. The quantitative estimate of drug-likeness (QED) is 0.892. The molecule has 2 aliphatic carbocycles. The minimum absolute atomic E-state index is 0.134. The molecule has 5 rings (SSSR count). The van der Waals surface area contributed by atoms with Crippen LogP contribution in [0.25, 0.3) is 0 Å². The van der Waals surface area contributed by atoms with Crippen LogP contribution >= 0.6 is 0 Å². The summed E-state index contributed by atoms with van der Waals surface area (Å²) in [5, 5.41) is 10.5. The highest BCUT2D eigenvalue weighted by Crippen LogP contribution is 2.69. The minimum Gasteiger partial charge on any atom is -0.504 e. The van der Waals surface area contributed by atoms with Crippen LogP contribution < -0.4 is 4.74 Å². The number of rotatable bonds is 2. The summed E-state index contributed by atoms with van der Waals surface area (Å²) in [4.78, 5) is 15.5. The molecule has 2 heterocycles. The molecule has 25 heavy (non-hydrogen) atoms. The second-order valence-electron chi connectivity index (χ2n) is 8.18. The van der Waals surface area contributed by atoms with Gasteiger partial charge in [-0.15, -0.1) is 0 Å². The van der Waals surface area contributed by atoms with Crippen molar-refractivity contribution < 1.29 is 19.4 Å². The molecule has 2 bridgehead atoms. The van der Waals surface area contributed by atoms with E-state index in [2.05, 4.69) is 11.9 Å². The number of ether oxygens (including phenoxy) is 2. The van der Waals surface area contributed by atoms with Gasteiger partial charge in [0.15, 0.2) is 22.9 Å². The molecule has 4 aliphatic rings. The predicted octanol–water partition coefficient (Wildman–Crippen LogP) is 2.18. The lowest BCUT2D eigenvalue weighted by Gasteiger charge is -2.66. The maximum absolute atomic E-state index is 13.1. The smallest absolute Gasteiger partial charge is 0.177 e. The summed E-state index contributed by atoms with van der Waals surface area (Å²) < 4.78 is 12.9. The summed E-state index contributed by atoms with van der Waals surface area (Å²) in [6.07, 6.45) is 2.87. The van der Waals surface area contributed by atoms with Gasteiger partial charge >= 0.3 is 0 Å². The van der Waals surface area contributed by atoms with Crippen molar-refractivity contribution in [2.45, 2.75) is 62.2 Å². The molecule has 2 fully saturated rings. The highest BCUT2D eigenvalue weighted by Gasteiger charge is 2.78. The number of hydrogen-bond donors (Lipinski definition) is 1. The van der Waals surface area contributed by atoms with Gasteiger partial charge in [-0.2, -0.15) is 0 Å². The lowest BCUT2D eigenvalue weighted by molar-refractivity contribution is -0.226. The highest BCUT2D eigenvalue weighted by atomic mass is 16.5. The lowest BCUT2D eigenvalue weighted by Crippen LogP contribution is -2.80. The first-order valence-corrected chi connectivity index (χ1v) is 9.33. The number of likely N-dealkylation sites (tertiary alicyclic amines) is 1. The number of piperidine rings is 1. The summed E-state index contributed by atoms with van der Waals surface area (Å²) in [5.74, 6) is 0.788. The van der Waals surface area contributed by atoms with Gasteiger partial charge in [0, 0.05) is 24.6 Å². The van der Waals surface area contributed by atoms with Crippen molar-refractivity contribution >= 4 is 5.78 Å². The number of phenolic OH excluding ortho intramolecular Hbond substituents is 1. The molecule has 5 nitrogen and oxygen atoms in total. The summed E-state index contributed by atoms with van der Waals surface area (Å²) >= 11 is 0. The average molecular weight is 343 g/mol. The summed E-state index contributed by atoms with van der Waals surface area (Å²) in [5.41, 5.74) is 0.322. The Bertz CT molecular complexity index is 792. The minimum atomic E-state index is -0.962. The third-order valence-electron chi connectivity index (χ3n) is 7.47. The van der Waals surface area contributed by atoms with Crippen LogP contribution in [0.4, 0.5) is 0 Å². The maximum atomic E-state index is 13.1. The number of aromatic hydroxyl groups is 1. The van der Waals surface area contributed by atoms with Gasteiger partial charge in [0.25, 0.3) is 0 Å². The molecule has 0 aromatic heterocycles. The van der Waals surface area contributed by atoms with Crippen molar-refractivity contribution in [1.29, 1.82) is 0 Å². The predicted molar refractivity (Wildman–Crippen MR) is 92.2 cm³/mol. The van der Waals surface area contributed by atoms with E-state index in [1.165, 1.54) is 5.56 Å². The molecule has 5 heteroatoms. The molecule has 0 amide bonds. The molecule has 0 radical (unpaired) electrons. The van der Waals surface area contributed by atoms with Gasteiger partial charge in [0.2, 0.25) is 0 Å². The van der Waals surface area contributed by atoms with E-state index in [1.54, 1.807) is 6.07 Å². The normalized spacial score (nSPS) is 41.4. The van der Waals surface area contributed by atoms with Crippen molar-refractivity contribution in [2.24, 2.45) is 0 Å². The number of nitrogens with zero attached hydrogens (tertiary/aromatic N) is 1. The number of phenols is 1. The van der Waals surface area contributed by atoms with Crippen LogP contribution in [0.3, 0.4) is 0 Å². The number of ketones is 1. The molecule has 2 aliphatic heterocycles. The Balaban J connectivity index is 1.90. The van der Waals surface area contributed by atoms with E-state index in [-0.39, 0.29) is 17.6 Å². The Morgan fingerprint density at radius 1 is 1.40 bits per heavy atom. The third kappa shape index (κ3) is 1.44. The van der Waals surface area contributed by atoms with Crippen LogP contribution in [0, 0.1) is 0 Å². The van der Waals surface area contributed by atoms with E-state index < -0.39 is 16.6 Å². The van der Waals surface area contributed by atoms with Gasteiger partial charge < -0.3 is 19.5 Å².